The number of likely N-dealkylation sites (tertiary alicyclic amines) is 1. The van der Waals surface area contributed by atoms with Crippen LogP contribution in [0.2, 0.25) is 0 Å². The van der Waals surface area contributed by atoms with Gasteiger partial charge in [0.25, 0.3) is 0 Å². The zero-order valence-corrected chi connectivity index (χ0v) is 13.1. The minimum atomic E-state index is -0.465. The van der Waals surface area contributed by atoms with Crippen LogP contribution in [0.1, 0.15) is 30.0 Å². The smallest absolute Gasteiger partial charge is 0.239 e. The van der Waals surface area contributed by atoms with Crippen LogP contribution in [0.25, 0.3) is 0 Å². The van der Waals surface area contributed by atoms with Gasteiger partial charge in [-0.15, -0.1) is 0 Å². The van der Waals surface area contributed by atoms with Crippen molar-refractivity contribution in [2.24, 2.45) is 5.73 Å². The van der Waals surface area contributed by atoms with Crippen molar-refractivity contribution in [3.8, 4) is 0 Å². The van der Waals surface area contributed by atoms with Gasteiger partial charge < -0.3 is 10.6 Å². The molecule has 0 radical (unpaired) electrons. The molecule has 5 heteroatoms. The van der Waals surface area contributed by atoms with Crippen molar-refractivity contribution in [3.63, 3.8) is 0 Å². The summed E-state index contributed by atoms with van der Waals surface area (Å²) in [7, 11) is 0. The number of benzene rings is 1. The van der Waals surface area contributed by atoms with Gasteiger partial charge in [0.2, 0.25) is 5.91 Å². The molecule has 5 nitrogen and oxygen atoms in total. The van der Waals surface area contributed by atoms with Crippen LogP contribution >= 0.6 is 0 Å². The van der Waals surface area contributed by atoms with E-state index in [1.807, 2.05) is 41.3 Å². The highest BCUT2D eigenvalue weighted by Gasteiger charge is 2.27. The van der Waals surface area contributed by atoms with Crippen LogP contribution in [0.4, 0.5) is 0 Å². The largest absolute Gasteiger partial charge is 0.341 e. The Bertz CT molecular complexity index is 624. The molecular formula is C18H22N4O. The molecule has 1 amide bonds. The molecule has 0 unspecified atom stereocenters. The third-order valence-electron chi connectivity index (χ3n) is 4.45. The molecule has 3 rings (SSSR count). The normalized spacial score (nSPS) is 17.0. The van der Waals surface area contributed by atoms with Crippen molar-refractivity contribution in [3.05, 3.63) is 60.2 Å². The molecule has 0 saturated carbocycles. The van der Waals surface area contributed by atoms with Crippen molar-refractivity contribution in [1.82, 2.24) is 14.9 Å². The van der Waals surface area contributed by atoms with Crippen molar-refractivity contribution in [1.29, 1.82) is 0 Å². The third kappa shape index (κ3) is 3.93. The SMILES string of the molecule is N[C@@H](Cc1ccccc1)C(=O)N1CCC(c2ccncn2)CC1. The number of piperidine rings is 1. The summed E-state index contributed by atoms with van der Waals surface area (Å²) >= 11 is 0. The lowest BCUT2D eigenvalue weighted by molar-refractivity contribution is -0.133. The lowest BCUT2D eigenvalue weighted by Gasteiger charge is -2.33. The molecule has 120 valence electrons. The summed E-state index contributed by atoms with van der Waals surface area (Å²) in [5.41, 5.74) is 8.29. The van der Waals surface area contributed by atoms with Crippen LogP contribution in [0.15, 0.2) is 48.9 Å². The molecule has 0 aliphatic carbocycles. The standard InChI is InChI=1S/C18H22N4O/c19-16(12-14-4-2-1-3-5-14)18(23)22-10-7-15(8-11-22)17-6-9-20-13-21-17/h1-6,9,13,15-16H,7-8,10-12,19H2/t16-/m0/s1. The fourth-order valence-corrected chi connectivity index (χ4v) is 3.13. The lowest BCUT2D eigenvalue weighted by atomic mass is 9.92. The van der Waals surface area contributed by atoms with E-state index in [1.165, 1.54) is 0 Å². The molecule has 2 aromatic rings. The Balaban J connectivity index is 1.54. The summed E-state index contributed by atoms with van der Waals surface area (Å²) in [4.78, 5) is 22.7. The van der Waals surface area contributed by atoms with E-state index in [1.54, 1.807) is 12.5 Å². The zero-order valence-electron chi connectivity index (χ0n) is 13.1. The minimum Gasteiger partial charge on any atom is -0.341 e. The van der Waals surface area contributed by atoms with E-state index >= 15 is 0 Å². The van der Waals surface area contributed by atoms with Gasteiger partial charge in [-0.1, -0.05) is 30.3 Å². The summed E-state index contributed by atoms with van der Waals surface area (Å²) in [6, 6.07) is 11.4. The number of nitrogens with zero attached hydrogens (tertiary/aromatic N) is 3. The average molecular weight is 310 g/mol. The molecule has 1 atom stereocenters. The van der Waals surface area contributed by atoms with Gasteiger partial charge in [-0.05, 0) is 30.9 Å². The summed E-state index contributed by atoms with van der Waals surface area (Å²) < 4.78 is 0. The quantitative estimate of drug-likeness (QED) is 0.934. The highest BCUT2D eigenvalue weighted by Crippen LogP contribution is 2.26. The fraction of sp³-hybridized carbons (Fsp3) is 0.389. The minimum absolute atomic E-state index is 0.0509. The molecule has 0 bridgehead atoms. The number of aromatic nitrogens is 2. The Labute approximate surface area is 136 Å². The first-order valence-electron chi connectivity index (χ1n) is 8.08. The van der Waals surface area contributed by atoms with Gasteiger partial charge >= 0.3 is 0 Å². The van der Waals surface area contributed by atoms with Crippen LogP contribution in [0.5, 0.6) is 0 Å². The van der Waals surface area contributed by atoms with Gasteiger partial charge in [-0.2, -0.15) is 0 Å². The molecule has 1 aromatic heterocycles. The highest BCUT2D eigenvalue weighted by atomic mass is 16.2. The predicted molar refractivity (Wildman–Crippen MR) is 88.7 cm³/mol. The fourth-order valence-electron chi connectivity index (χ4n) is 3.13. The van der Waals surface area contributed by atoms with Crippen LogP contribution in [0, 0.1) is 0 Å². The molecular weight excluding hydrogens is 288 g/mol. The molecule has 1 aliphatic heterocycles. The van der Waals surface area contributed by atoms with Crippen LogP contribution in [0.3, 0.4) is 0 Å². The number of hydrogen-bond donors (Lipinski definition) is 1. The van der Waals surface area contributed by atoms with E-state index in [0.29, 0.717) is 12.3 Å². The Hall–Kier alpha value is -2.27. The van der Waals surface area contributed by atoms with Crippen LogP contribution in [-0.4, -0.2) is 39.9 Å². The van der Waals surface area contributed by atoms with Gasteiger partial charge in [0.15, 0.2) is 0 Å². The van der Waals surface area contributed by atoms with E-state index in [2.05, 4.69) is 9.97 Å². The first kappa shape index (κ1) is 15.6. The van der Waals surface area contributed by atoms with Gasteiger partial charge in [0.1, 0.15) is 6.33 Å². The van der Waals surface area contributed by atoms with Crippen molar-refractivity contribution < 1.29 is 4.79 Å². The third-order valence-corrected chi connectivity index (χ3v) is 4.45. The topological polar surface area (TPSA) is 72.1 Å². The van der Waals surface area contributed by atoms with Gasteiger partial charge in [-0.25, -0.2) is 9.97 Å². The second kappa shape index (κ2) is 7.33. The summed E-state index contributed by atoms with van der Waals surface area (Å²) in [6.45, 7) is 1.49. The number of nitrogens with two attached hydrogens (primary N) is 1. The Morgan fingerprint density at radius 2 is 1.96 bits per heavy atom. The summed E-state index contributed by atoms with van der Waals surface area (Å²) in [5, 5.41) is 0. The van der Waals surface area contributed by atoms with Crippen molar-refractivity contribution >= 4 is 5.91 Å². The van der Waals surface area contributed by atoms with Crippen LogP contribution in [-0.2, 0) is 11.2 Å². The maximum Gasteiger partial charge on any atom is 0.239 e. The lowest BCUT2D eigenvalue weighted by Crippen LogP contribution is -2.47. The number of carbonyl (C=O) groups is 1. The molecule has 2 N–H and O–H groups in total. The van der Waals surface area contributed by atoms with E-state index < -0.39 is 6.04 Å². The molecule has 0 spiro atoms. The van der Waals surface area contributed by atoms with E-state index in [0.717, 1.165) is 37.2 Å². The van der Waals surface area contributed by atoms with Gasteiger partial charge in [0, 0.05) is 30.9 Å². The zero-order chi connectivity index (χ0) is 16.1. The second-order valence-electron chi connectivity index (χ2n) is 6.03. The first-order valence-corrected chi connectivity index (χ1v) is 8.08. The number of carbonyl (C=O) groups excluding carboxylic acids is 1. The Morgan fingerprint density at radius 3 is 2.61 bits per heavy atom. The first-order chi connectivity index (χ1) is 11.2. The number of amides is 1. The van der Waals surface area contributed by atoms with E-state index in [4.69, 9.17) is 5.73 Å². The van der Waals surface area contributed by atoms with Gasteiger partial charge in [-0.3, -0.25) is 4.79 Å². The van der Waals surface area contributed by atoms with Crippen molar-refractivity contribution in [2.45, 2.75) is 31.2 Å². The average Bonchev–Trinajstić information content (AvgIpc) is 2.63. The molecule has 23 heavy (non-hydrogen) atoms. The molecule has 1 aliphatic rings. The molecule has 1 aromatic carbocycles. The maximum atomic E-state index is 12.5. The maximum absolute atomic E-state index is 12.5. The molecule has 2 heterocycles. The highest BCUT2D eigenvalue weighted by molar-refractivity contribution is 5.82. The van der Waals surface area contributed by atoms with Crippen molar-refractivity contribution in [2.75, 3.05) is 13.1 Å². The van der Waals surface area contributed by atoms with E-state index in [-0.39, 0.29) is 5.91 Å². The van der Waals surface area contributed by atoms with Gasteiger partial charge in [0.05, 0.1) is 6.04 Å². The monoisotopic (exact) mass is 310 g/mol. The summed E-state index contributed by atoms with van der Waals surface area (Å²) in [5.74, 6) is 0.461. The number of rotatable bonds is 4. The molecule has 1 fully saturated rings. The van der Waals surface area contributed by atoms with Crippen LogP contribution < -0.4 is 5.73 Å². The number of hydrogen-bond acceptors (Lipinski definition) is 4. The Kier molecular flexibility index (Phi) is 4.98. The summed E-state index contributed by atoms with van der Waals surface area (Å²) in [6.07, 6.45) is 5.81. The predicted octanol–water partition coefficient (Wildman–Crippen LogP) is 1.75. The molecule has 1 saturated heterocycles. The second-order valence-corrected chi connectivity index (χ2v) is 6.03. The van der Waals surface area contributed by atoms with E-state index in [9.17, 15) is 4.79 Å². The Morgan fingerprint density at radius 1 is 1.22 bits per heavy atom.